The number of aromatic nitrogens is 2. The lowest BCUT2D eigenvalue weighted by Gasteiger charge is -2.19. The van der Waals surface area contributed by atoms with Crippen molar-refractivity contribution in [1.82, 2.24) is 9.97 Å². The molecule has 0 unspecified atom stereocenters. The minimum absolute atomic E-state index is 0.0484. The number of carbonyl (C=O) groups excluding carboxylic acids is 2. The standard InChI is InChI=1S/C25H26FN3O2/c1-5-24(31)29(4)22-12-10-20(16(2)25(22)26)19-8-11-21(28-15-19)23(30)13-9-18-7-6-14-27-17(18)3/h6-8,10-12,14-15H,5,9,13H2,1-4H3. The SMILES string of the molecule is CCC(=O)N(C)c1ccc(-c2ccc(C(=O)CCc3cccnc3C)nc2)c(C)c1F. The number of Topliss-reactive ketones (excluding diaryl/α,β-unsaturated/α-hetero) is 1. The number of hydrogen-bond donors (Lipinski definition) is 0. The summed E-state index contributed by atoms with van der Waals surface area (Å²) in [6, 6.07) is 10.7. The van der Waals surface area contributed by atoms with Crippen molar-refractivity contribution < 1.29 is 14.0 Å². The Hall–Kier alpha value is -3.41. The molecule has 0 N–H and O–H groups in total. The first kappa shape index (κ1) is 22.3. The van der Waals surface area contributed by atoms with Crippen LogP contribution in [0.4, 0.5) is 10.1 Å². The van der Waals surface area contributed by atoms with Gasteiger partial charge in [0.2, 0.25) is 5.91 Å². The highest BCUT2D eigenvalue weighted by atomic mass is 19.1. The van der Waals surface area contributed by atoms with Crippen LogP contribution >= 0.6 is 0 Å². The second kappa shape index (κ2) is 9.60. The van der Waals surface area contributed by atoms with E-state index in [2.05, 4.69) is 9.97 Å². The molecule has 5 nitrogen and oxygen atoms in total. The molecular weight excluding hydrogens is 393 g/mol. The Balaban J connectivity index is 1.76. The summed E-state index contributed by atoms with van der Waals surface area (Å²) in [5.74, 6) is -0.640. The molecule has 6 heteroatoms. The van der Waals surface area contributed by atoms with E-state index in [-0.39, 0.29) is 17.4 Å². The molecule has 0 aliphatic heterocycles. The van der Waals surface area contributed by atoms with Gasteiger partial charge in [-0.1, -0.05) is 25.1 Å². The average molecular weight is 420 g/mol. The van der Waals surface area contributed by atoms with E-state index in [1.54, 1.807) is 57.6 Å². The number of hydrogen-bond acceptors (Lipinski definition) is 4. The Kier molecular flexibility index (Phi) is 6.90. The highest BCUT2D eigenvalue weighted by Crippen LogP contribution is 2.31. The van der Waals surface area contributed by atoms with Gasteiger partial charge in [0, 0.05) is 43.5 Å². The molecule has 1 aromatic carbocycles. The monoisotopic (exact) mass is 419 g/mol. The van der Waals surface area contributed by atoms with Crippen LogP contribution in [0, 0.1) is 19.7 Å². The van der Waals surface area contributed by atoms with Crippen molar-refractivity contribution in [3.05, 3.63) is 77.1 Å². The molecular formula is C25H26FN3O2. The zero-order valence-corrected chi connectivity index (χ0v) is 18.3. The lowest BCUT2D eigenvalue weighted by Crippen LogP contribution is -2.26. The van der Waals surface area contributed by atoms with Crippen LogP contribution in [-0.2, 0) is 11.2 Å². The molecule has 1 amide bonds. The molecule has 0 bridgehead atoms. The predicted molar refractivity (Wildman–Crippen MR) is 120 cm³/mol. The summed E-state index contributed by atoms with van der Waals surface area (Å²) in [5.41, 5.74) is 4.42. The van der Waals surface area contributed by atoms with Crippen molar-refractivity contribution in [1.29, 1.82) is 0 Å². The van der Waals surface area contributed by atoms with Crippen molar-refractivity contribution in [3.8, 4) is 11.1 Å². The molecule has 2 aromatic heterocycles. The van der Waals surface area contributed by atoms with E-state index in [1.807, 2.05) is 19.1 Å². The number of aryl methyl sites for hydroxylation is 2. The number of benzene rings is 1. The van der Waals surface area contributed by atoms with Crippen molar-refractivity contribution in [2.45, 2.75) is 40.0 Å². The minimum Gasteiger partial charge on any atom is -0.313 e. The molecule has 0 aliphatic carbocycles. The summed E-state index contributed by atoms with van der Waals surface area (Å²) in [6.45, 7) is 5.34. The van der Waals surface area contributed by atoms with Gasteiger partial charge in [-0.2, -0.15) is 0 Å². The lowest BCUT2D eigenvalue weighted by atomic mass is 9.99. The predicted octanol–water partition coefficient (Wildman–Crippen LogP) is 5.09. The Morgan fingerprint density at radius 3 is 2.48 bits per heavy atom. The average Bonchev–Trinajstić information content (AvgIpc) is 2.79. The van der Waals surface area contributed by atoms with E-state index in [1.165, 1.54) is 4.90 Å². The maximum atomic E-state index is 14.9. The normalized spacial score (nSPS) is 10.7. The van der Waals surface area contributed by atoms with Crippen molar-refractivity contribution >= 4 is 17.4 Å². The first-order valence-electron chi connectivity index (χ1n) is 10.3. The second-order valence-corrected chi connectivity index (χ2v) is 7.48. The quantitative estimate of drug-likeness (QED) is 0.501. The van der Waals surface area contributed by atoms with Gasteiger partial charge in [0.05, 0.1) is 5.69 Å². The van der Waals surface area contributed by atoms with Gasteiger partial charge in [0.15, 0.2) is 5.78 Å². The smallest absolute Gasteiger partial charge is 0.226 e. The first-order chi connectivity index (χ1) is 14.8. The Labute approximate surface area is 182 Å². The number of amides is 1. The second-order valence-electron chi connectivity index (χ2n) is 7.48. The van der Waals surface area contributed by atoms with Crippen LogP contribution in [0.15, 0.2) is 48.8 Å². The van der Waals surface area contributed by atoms with E-state index >= 15 is 0 Å². The van der Waals surface area contributed by atoms with E-state index in [0.717, 1.165) is 11.3 Å². The maximum Gasteiger partial charge on any atom is 0.226 e. The molecule has 3 rings (SSSR count). The molecule has 0 saturated heterocycles. The summed E-state index contributed by atoms with van der Waals surface area (Å²) in [7, 11) is 1.57. The van der Waals surface area contributed by atoms with Gasteiger partial charge in [-0.3, -0.25) is 19.6 Å². The van der Waals surface area contributed by atoms with Crippen molar-refractivity contribution in [2.75, 3.05) is 11.9 Å². The van der Waals surface area contributed by atoms with Crippen LogP contribution in [0.25, 0.3) is 11.1 Å². The molecule has 0 saturated carbocycles. The van der Waals surface area contributed by atoms with Gasteiger partial charge in [-0.25, -0.2) is 4.39 Å². The van der Waals surface area contributed by atoms with E-state index in [0.29, 0.717) is 41.6 Å². The molecule has 31 heavy (non-hydrogen) atoms. The fourth-order valence-electron chi connectivity index (χ4n) is 3.49. The summed E-state index contributed by atoms with van der Waals surface area (Å²) >= 11 is 0. The summed E-state index contributed by atoms with van der Waals surface area (Å²) in [5, 5.41) is 0. The summed E-state index contributed by atoms with van der Waals surface area (Å²) < 4.78 is 14.9. The van der Waals surface area contributed by atoms with Crippen LogP contribution in [0.1, 0.15) is 47.1 Å². The maximum absolute atomic E-state index is 14.9. The first-order valence-corrected chi connectivity index (χ1v) is 10.3. The van der Waals surface area contributed by atoms with Crippen LogP contribution in [0.3, 0.4) is 0 Å². The third-order valence-corrected chi connectivity index (χ3v) is 5.50. The largest absolute Gasteiger partial charge is 0.313 e. The Bertz CT molecular complexity index is 1110. The zero-order valence-electron chi connectivity index (χ0n) is 18.3. The highest BCUT2D eigenvalue weighted by Gasteiger charge is 2.18. The topological polar surface area (TPSA) is 63.2 Å². The van der Waals surface area contributed by atoms with Gasteiger partial charge in [-0.15, -0.1) is 0 Å². The molecule has 0 aliphatic rings. The van der Waals surface area contributed by atoms with E-state index < -0.39 is 5.82 Å². The number of halogens is 1. The highest BCUT2D eigenvalue weighted by molar-refractivity contribution is 5.95. The van der Waals surface area contributed by atoms with Crippen LogP contribution < -0.4 is 4.90 Å². The zero-order chi connectivity index (χ0) is 22.5. The molecule has 3 aromatic rings. The van der Waals surface area contributed by atoms with Gasteiger partial charge in [0.25, 0.3) is 0 Å². The lowest BCUT2D eigenvalue weighted by molar-refractivity contribution is -0.118. The van der Waals surface area contributed by atoms with E-state index in [4.69, 9.17) is 0 Å². The van der Waals surface area contributed by atoms with Crippen LogP contribution in [0.5, 0.6) is 0 Å². The number of carbonyl (C=O) groups is 2. The summed E-state index contributed by atoms with van der Waals surface area (Å²) in [4.78, 5) is 34.3. The third kappa shape index (κ3) is 4.85. The fraction of sp³-hybridized carbons (Fsp3) is 0.280. The van der Waals surface area contributed by atoms with Crippen molar-refractivity contribution in [3.63, 3.8) is 0 Å². The number of nitrogens with zero attached hydrogens (tertiary/aromatic N) is 3. The Morgan fingerprint density at radius 2 is 1.84 bits per heavy atom. The summed E-state index contributed by atoms with van der Waals surface area (Å²) in [6.07, 6.45) is 4.58. The number of rotatable bonds is 7. The van der Waals surface area contributed by atoms with E-state index in [9.17, 15) is 14.0 Å². The molecule has 160 valence electrons. The third-order valence-electron chi connectivity index (χ3n) is 5.50. The molecule has 0 radical (unpaired) electrons. The molecule has 2 heterocycles. The minimum atomic E-state index is -0.436. The van der Waals surface area contributed by atoms with Gasteiger partial charge >= 0.3 is 0 Å². The fourth-order valence-corrected chi connectivity index (χ4v) is 3.49. The van der Waals surface area contributed by atoms with Crippen LogP contribution in [0.2, 0.25) is 0 Å². The van der Waals surface area contributed by atoms with Gasteiger partial charge in [-0.05, 0) is 55.2 Å². The molecule has 0 atom stereocenters. The molecule has 0 spiro atoms. The Morgan fingerprint density at radius 1 is 1.06 bits per heavy atom. The number of pyridine rings is 2. The van der Waals surface area contributed by atoms with Crippen LogP contribution in [-0.4, -0.2) is 28.7 Å². The number of ketones is 1. The molecule has 0 fully saturated rings. The van der Waals surface area contributed by atoms with Crippen molar-refractivity contribution in [2.24, 2.45) is 0 Å². The van der Waals surface area contributed by atoms with Gasteiger partial charge < -0.3 is 4.90 Å². The van der Waals surface area contributed by atoms with Gasteiger partial charge in [0.1, 0.15) is 11.5 Å². The number of anilines is 1.